The van der Waals surface area contributed by atoms with Gasteiger partial charge in [-0.1, -0.05) is 0 Å². The van der Waals surface area contributed by atoms with Crippen molar-refractivity contribution >= 4 is 0 Å². The standard InChI is InChI=1S/C2H7NO.Na.H/c3-1-2-4;;/h4H,1-3H2;;/q;+1;-1. The summed E-state index contributed by atoms with van der Waals surface area (Å²) in [5, 5.41) is 7.75. The molecule has 0 aliphatic carbocycles. The largest absolute Gasteiger partial charge is 1.00 e. The third-order valence-corrected chi connectivity index (χ3v) is 0.129. The van der Waals surface area contributed by atoms with E-state index < -0.39 is 0 Å². The van der Waals surface area contributed by atoms with Crippen LogP contribution in [0.3, 0.4) is 0 Å². The molecule has 0 saturated carbocycles. The third-order valence-electron chi connectivity index (χ3n) is 0.129. The van der Waals surface area contributed by atoms with Gasteiger partial charge < -0.3 is 12.3 Å². The Morgan fingerprint density at radius 1 is 1.80 bits per heavy atom. The molecule has 0 fully saturated rings. The molecule has 28 valence electrons. The average molecular weight is 85.1 g/mol. The number of aliphatic hydroxyl groups is 1. The Morgan fingerprint density at radius 2 is 2.00 bits per heavy atom. The van der Waals surface area contributed by atoms with E-state index in [2.05, 4.69) is 0 Å². The van der Waals surface area contributed by atoms with Gasteiger partial charge in [0.15, 0.2) is 0 Å². The third kappa shape index (κ3) is 11.4. The first-order valence-corrected chi connectivity index (χ1v) is 1.22. The normalized spacial score (nSPS) is 6.00. The van der Waals surface area contributed by atoms with Gasteiger partial charge in [-0.25, -0.2) is 0 Å². The molecule has 0 aliphatic rings. The van der Waals surface area contributed by atoms with Gasteiger partial charge in [-0.2, -0.15) is 0 Å². The molecule has 3 heteroatoms. The summed E-state index contributed by atoms with van der Waals surface area (Å²) >= 11 is 0. The minimum atomic E-state index is 0. The van der Waals surface area contributed by atoms with E-state index >= 15 is 0 Å². The van der Waals surface area contributed by atoms with Crippen LogP contribution in [0.1, 0.15) is 1.43 Å². The van der Waals surface area contributed by atoms with Crippen LogP contribution < -0.4 is 35.3 Å². The average Bonchev–Trinajstić information content (AvgIpc) is 1.37. The predicted octanol–water partition coefficient (Wildman–Crippen LogP) is -3.95. The van der Waals surface area contributed by atoms with Crippen molar-refractivity contribution < 1.29 is 36.1 Å². The maximum absolute atomic E-state index is 7.75. The Labute approximate surface area is 55.1 Å². The predicted molar refractivity (Wildman–Crippen MR) is 17.3 cm³/mol. The van der Waals surface area contributed by atoms with Crippen LogP contribution in [-0.2, 0) is 0 Å². The van der Waals surface area contributed by atoms with Crippen molar-refractivity contribution in [3.05, 3.63) is 0 Å². The van der Waals surface area contributed by atoms with Gasteiger partial charge >= 0.3 is 29.6 Å². The molecule has 0 aromatic rings. The fourth-order valence-electron chi connectivity index (χ4n) is 0. The zero-order valence-electron chi connectivity index (χ0n) is 4.44. The Kier molecular flexibility index (Phi) is 16.5. The summed E-state index contributed by atoms with van der Waals surface area (Å²) in [5.41, 5.74) is 4.78. The summed E-state index contributed by atoms with van der Waals surface area (Å²) in [4.78, 5) is 0. The van der Waals surface area contributed by atoms with Gasteiger partial charge in [0.1, 0.15) is 0 Å². The van der Waals surface area contributed by atoms with E-state index in [1.54, 1.807) is 0 Å². The van der Waals surface area contributed by atoms with Crippen LogP contribution in [0.5, 0.6) is 0 Å². The Morgan fingerprint density at radius 3 is 2.00 bits per heavy atom. The van der Waals surface area contributed by atoms with E-state index in [1.807, 2.05) is 0 Å². The van der Waals surface area contributed by atoms with Gasteiger partial charge in [-0.05, 0) is 0 Å². The zero-order chi connectivity index (χ0) is 3.41. The fourth-order valence-corrected chi connectivity index (χ4v) is 0. The molecule has 0 saturated heterocycles. The maximum Gasteiger partial charge on any atom is 1.00 e. The fraction of sp³-hybridized carbons (Fsp3) is 1.00. The van der Waals surface area contributed by atoms with Gasteiger partial charge in [-0.15, -0.1) is 0 Å². The SMILES string of the molecule is NCCO.[H-].[Na+]. The molecule has 0 aromatic heterocycles. The molecule has 5 heavy (non-hydrogen) atoms. The number of nitrogens with two attached hydrogens (primary N) is 1. The van der Waals surface area contributed by atoms with E-state index in [0.717, 1.165) is 0 Å². The zero-order valence-corrected chi connectivity index (χ0v) is 5.44. The summed E-state index contributed by atoms with van der Waals surface area (Å²) in [6.07, 6.45) is 0. The Balaban J connectivity index is -0.0000000450. The van der Waals surface area contributed by atoms with E-state index in [4.69, 9.17) is 10.8 Å². The van der Waals surface area contributed by atoms with Crippen LogP contribution in [0.4, 0.5) is 0 Å². The van der Waals surface area contributed by atoms with E-state index in [1.165, 1.54) is 0 Å². The number of hydrogen-bond donors (Lipinski definition) is 2. The van der Waals surface area contributed by atoms with E-state index in [-0.39, 0.29) is 37.6 Å². The minimum Gasteiger partial charge on any atom is -1.00 e. The second kappa shape index (κ2) is 8.87. The molecule has 0 amide bonds. The van der Waals surface area contributed by atoms with Gasteiger partial charge in [0.2, 0.25) is 0 Å². The number of hydrogen-bond acceptors (Lipinski definition) is 2. The minimum absolute atomic E-state index is 0. The maximum atomic E-state index is 7.75. The summed E-state index contributed by atoms with van der Waals surface area (Å²) in [6, 6.07) is 0. The van der Waals surface area contributed by atoms with Crippen molar-refractivity contribution in [3.8, 4) is 0 Å². The molecule has 2 nitrogen and oxygen atoms in total. The molecule has 0 aliphatic heterocycles. The molecule has 0 unspecified atom stereocenters. The van der Waals surface area contributed by atoms with E-state index in [9.17, 15) is 0 Å². The second-order valence-corrected chi connectivity index (χ2v) is 0.512. The van der Waals surface area contributed by atoms with Gasteiger partial charge in [-0.3, -0.25) is 0 Å². The van der Waals surface area contributed by atoms with Crippen molar-refractivity contribution in [1.82, 2.24) is 0 Å². The van der Waals surface area contributed by atoms with Crippen molar-refractivity contribution in [1.29, 1.82) is 0 Å². The quantitative estimate of drug-likeness (QED) is 0.319. The van der Waals surface area contributed by atoms with Crippen LogP contribution in [0, 0.1) is 0 Å². The van der Waals surface area contributed by atoms with Gasteiger partial charge in [0.05, 0.1) is 6.61 Å². The topological polar surface area (TPSA) is 46.2 Å². The first-order chi connectivity index (χ1) is 1.91. The second-order valence-electron chi connectivity index (χ2n) is 0.512. The molecule has 0 spiro atoms. The molecular weight excluding hydrogens is 77.0 g/mol. The Hall–Kier alpha value is 0.920. The first-order valence-electron chi connectivity index (χ1n) is 1.22. The van der Waals surface area contributed by atoms with Crippen LogP contribution in [0.25, 0.3) is 0 Å². The molecule has 0 bridgehead atoms. The molecule has 0 heterocycles. The van der Waals surface area contributed by atoms with Crippen LogP contribution in [0.15, 0.2) is 0 Å². The monoisotopic (exact) mass is 85.1 g/mol. The number of rotatable bonds is 1. The molecule has 0 radical (unpaired) electrons. The first kappa shape index (κ1) is 9.33. The van der Waals surface area contributed by atoms with Crippen molar-refractivity contribution in [3.63, 3.8) is 0 Å². The molecule has 0 aromatic carbocycles. The molecule has 0 rings (SSSR count). The molecule has 3 N–H and O–H groups in total. The summed E-state index contributed by atoms with van der Waals surface area (Å²) in [5.74, 6) is 0. The smallest absolute Gasteiger partial charge is 1.00 e. The van der Waals surface area contributed by atoms with Crippen molar-refractivity contribution in [2.75, 3.05) is 13.2 Å². The molecule has 0 atom stereocenters. The van der Waals surface area contributed by atoms with Gasteiger partial charge in [0.25, 0.3) is 0 Å². The van der Waals surface area contributed by atoms with Crippen LogP contribution in [-0.4, -0.2) is 18.3 Å². The van der Waals surface area contributed by atoms with Crippen molar-refractivity contribution in [2.24, 2.45) is 5.73 Å². The van der Waals surface area contributed by atoms with Crippen LogP contribution >= 0.6 is 0 Å². The summed E-state index contributed by atoms with van der Waals surface area (Å²) < 4.78 is 0. The van der Waals surface area contributed by atoms with Crippen molar-refractivity contribution in [2.45, 2.75) is 0 Å². The van der Waals surface area contributed by atoms with E-state index in [0.29, 0.717) is 6.54 Å². The Bertz CT molecular complexity index is 15.5. The summed E-state index contributed by atoms with van der Waals surface area (Å²) in [7, 11) is 0. The molecular formula is C2H8NNaO. The number of aliphatic hydroxyl groups excluding tert-OH is 1. The van der Waals surface area contributed by atoms with Gasteiger partial charge in [0, 0.05) is 6.54 Å². The summed E-state index contributed by atoms with van der Waals surface area (Å²) in [6.45, 7) is 0.472. The van der Waals surface area contributed by atoms with Crippen LogP contribution in [0.2, 0.25) is 0 Å².